The van der Waals surface area contributed by atoms with Crippen molar-refractivity contribution < 1.29 is 18.4 Å². The highest BCUT2D eigenvalue weighted by molar-refractivity contribution is 6.30. The van der Waals surface area contributed by atoms with Crippen LogP contribution in [0.5, 0.6) is 0 Å². The van der Waals surface area contributed by atoms with Gasteiger partial charge in [-0.05, 0) is 60.5 Å². The third kappa shape index (κ3) is 7.45. The molecule has 1 aromatic heterocycles. The SMILES string of the molecule is CCCCN(CC(=O)N(Cc1ccc(F)cc1)Cc1coc2ccccc2c1=O)C(=O)Nc1ccc(Cl)cc1. The molecule has 7 nitrogen and oxygen atoms in total. The number of anilines is 1. The molecule has 1 heterocycles. The Balaban J connectivity index is 1.58. The van der Waals surface area contributed by atoms with Crippen LogP contribution in [0, 0.1) is 5.82 Å². The molecule has 3 amide bonds. The van der Waals surface area contributed by atoms with Gasteiger partial charge < -0.3 is 19.5 Å². The molecule has 0 aliphatic carbocycles. The van der Waals surface area contributed by atoms with Crippen molar-refractivity contribution in [3.63, 3.8) is 0 Å². The van der Waals surface area contributed by atoms with E-state index in [-0.39, 0.29) is 31.0 Å². The van der Waals surface area contributed by atoms with Gasteiger partial charge in [0.25, 0.3) is 0 Å². The number of unbranched alkanes of at least 4 members (excludes halogenated alkanes) is 1. The minimum Gasteiger partial charge on any atom is -0.464 e. The third-order valence-electron chi connectivity index (χ3n) is 6.24. The fourth-order valence-corrected chi connectivity index (χ4v) is 4.20. The summed E-state index contributed by atoms with van der Waals surface area (Å²) in [6, 6.07) is 19.0. The van der Waals surface area contributed by atoms with Crippen molar-refractivity contribution in [2.45, 2.75) is 32.9 Å². The van der Waals surface area contributed by atoms with Crippen LogP contribution in [0.1, 0.15) is 30.9 Å². The third-order valence-corrected chi connectivity index (χ3v) is 6.49. The van der Waals surface area contributed by atoms with E-state index < -0.39 is 11.8 Å². The number of nitrogens with zero attached hydrogens (tertiary/aromatic N) is 2. The monoisotopic (exact) mass is 549 g/mol. The summed E-state index contributed by atoms with van der Waals surface area (Å²) in [4.78, 5) is 42.8. The molecular weight excluding hydrogens is 521 g/mol. The quantitative estimate of drug-likeness (QED) is 0.246. The fourth-order valence-electron chi connectivity index (χ4n) is 4.08. The van der Waals surface area contributed by atoms with E-state index >= 15 is 0 Å². The molecule has 9 heteroatoms. The summed E-state index contributed by atoms with van der Waals surface area (Å²) in [7, 11) is 0. The van der Waals surface area contributed by atoms with Gasteiger partial charge in [-0.2, -0.15) is 0 Å². The molecule has 0 bridgehead atoms. The number of amides is 3. The molecular formula is C30H29ClFN3O4. The molecule has 0 saturated heterocycles. The van der Waals surface area contributed by atoms with Crippen LogP contribution in [0.4, 0.5) is 14.9 Å². The van der Waals surface area contributed by atoms with Crippen LogP contribution < -0.4 is 10.7 Å². The molecule has 0 aliphatic rings. The maximum atomic E-state index is 13.6. The lowest BCUT2D eigenvalue weighted by Crippen LogP contribution is -2.44. The van der Waals surface area contributed by atoms with Crippen LogP contribution in [0.3, 0.4) is 0 Å². The van der Waals surface area contributed by atoms with Crippen molar-refractivity contribution in [3.05, 3.63) is 111 Å². The van der Waals surface area contributed by atoms with Crippen LogP contribution >= 0.6 is 11.6 Å². The number of urea groups is 1. The number of fused-ring (bicyclic) bond motifs is 1. The number of halogens is 2. The van der Waals surface area contributed by atoms with Gasteiger partial charge >= 0.3 is 6.03 Å². The highest BCUT2D eigenvalue weighted by Gasteiger charge is 2.23. The molecule has 202 valence electrons. The number of benzene rings is 3. The number of carbonyl (C=O) groups excluding carboxylic acids is 2. The Hall–Kier alpha value is -4.17. The van der Waals surface area contributed by atoms with Gasteiger partial charge in [-0.15, -0.1) is 0 Å². The molecule has 3 aromatic carbocycles. The van der Waals surface area contributed by atoms with E-state index in [1.807, 2.05) is 6.92 Å². The number of carbonyl (C=O) groups is 2. The Bertz CT molecular complexity index is 1490. The van der Waals surface area contributed by atoms with Gasteiger partial charge in [-0.1, -0.05) is 49.2 Å². The summed E-state index contributed by atoms with van der Waals surface area (Å²) in [5, 5.41) is 3.76. The van der Waals surface area contributed by atoms with E-state index in [1.54, 1.807) is 60.7 Å². The van der Waals surface area contributed by atoms with Gasteiger partial charge in [0.05, 0.1) is 23.8 Å². The van der Waals surface area contributed by atoms with Crippen molar-refractivity contribution in [2.75, 3.05) is 18.4 Å². The lowest BCUT2D eigenvalue weighted by molar-refractivity contribution is -0.133. The molecule has 0 radical (unpaired) electrons. The Morgan fingerprint density at radius 2 is 1.67 bits per heavy atom. The highest BCUT2D eigenvalue weighted by atomic mass is 35.5. The molecule has 0 atom stereocenters. The van der Waals surface area contributed by atoms with Gasteiger partial charge in [0.2, 0.25) is 5.91 Å². The van der Waals surface area contributed by atoms with Gasteiger partial charge in [-0.25, -0.2) is 9.18 Å². The zero-order valence-corrected chi connectivity index (χ0v) is 22.3. The van der Waals surface area contributed by atoms with Crippen molar-refractivity contribution in [1.29, 1.82) is 0 Å². The van der Waals surface area contributed by atoms with Gasteiger partial charge in [-0.3, -0.25) is 9.59 Å². The van der Waals surface area contributed by atoms with Crippen molar-refractivity contribution in [2.24, 2.45) is 0 Å². The number of para-hydroxylation sites is 1. The Morgan fingerprint density at radius 1 is 0.949 bits per heavy atom. The summed E-state index contributed by atoms with van der Waals surface area (Å²) in [5.74, 6) is -0.759. The molecule has 39 heavy (non-hydrogen) atoms. The smallest absolute Gasteiger partial charge is 0.322 e. The largest absolute Gasteiger partial charge is 0.464 e. The van der Waals surface area contributed by atoms with Crippen molar-refractivity contribution in [3.8, 4) is 0 Å². The first kappa shape index (κ1) is 27.9. The molecule has 0 fully saturated rings. The Kier molecular flexibility index (Phi) is 9.33. The second-order valence-corrected chi connectivity index (χ2v) is 9.61. The van der Waals surface area contributed by atoms with E-state index in [4.69, 9.17) is 16.0 Å². The van der Waals surface area contributed by atoms with Crippen LogP contribution in [0.15, 0.2) is 88.3 Å². The maximum absolute atomic E-state index is 13.6. The lowest BCUT2D eigenvalue weighted by atomic mass is 10.1. The van der Waals surface area contributed by atoms with Crippen molar-refractivity contribution in [1.82, 2.24) is 9.80 Å². The summed E-state index contributed by atoms with van der Waals surface area (Å²) in [5.41, 5.74) is 1.75. The molecule has 0 aliphatic heterocycles. The molecule has 1 N–H and O–H groups in total. The molecule has 0 spiro atoms. The minimum absolute atomic E-state index is 0.0379. The van der Waals surface area contributed by atoms with E-state index in [0.717, 1.165) is 6.42 Å². The summed E-state index contributed by atoms with van der Waals surface area (Å²) in [6.45, 7) is 2.23. The number of hydrogen-bond donors (Lipinski definition) is 1. The van der Waals surface area contributed by atoms with Crippen LogP contribution in [0.25, 0.3) is 11.0 Å². The highest BCUT2D eigenvalue weighted by Crippen LogP contribution is 2.17. The maximum Gasteiger partial charge on any atom is 0.322 e. The first-order chi connectivity index (χ1) is 18.8. The van der Waals surface area contributed by atoms with Gasteiger partial charge in [0.1, 0.15) is 17.9 Å². The number of hydrogen-bond acceptors (Lipinski definition) is 4. The summed E-state index contributed by atoms with van der Waals surface area (Å²) < 4.78 is 19.2. The minimum atomic E-state index is -0.425. The summed E-state index contributed by atoms with van der Waals surface area (Å²) in [6.07, 6.45) is 2.89. The standard InChI is InChI=1S/C30H29ClFN3O4/c1-2-3-16-34(30(38)33-25-14-10-23(31)11-15-25)19-28(36)35(17-21-8-12-24(32)13-9-21)18-22-20-39-27-7-5-4-6-26(27)29(22)37/h4-15,20H,2-3,16-19H2,1H3,(H,33,38). The van der Waals surface area contributed by atoms with E-state index in [2.05, 4.69) is 5.32 Å². The van der Waals surface area contributed by atoms with E-state index in [1.165, 1.54) is 28.2 Å². The van der Waals surface area contributed by atoms with E-state index in [9.17, 15) is 18.8 Å². The topological polar surface area (TPSA) is 82.9 Å². The first-order valence-corrected chi connectivity index (χ1v) is 13.0. The Morgan fingerprint density at radius 3 is 2.38 bits per heavy atom. The lowest BCUT2D eigenvalue weighted by Gasteiger charge is -2.28. The molecule has 0 saturated carbocycles. The predicted octanol–water partition coefficient (Wildman–Crippen LogP) is 6.45. The van der Waals surface area contributed by atoms with Crippen LogP contribution in [-0.4, -0.2) is 34.8 Å². The van der Waals surface area contributed by atoms with E-state index in [0.29, 0.717) is 45.8 Å². The van der Waals surface area contributed by atoms with Crippen LogP contribution in [-0.2, 0) is 17.9 Å². The molecule has 4 rings (SSSR count). The predicted molar refractivity (Wildman–Crippen MR) is 150 cm³/mol. The first-order valence-electron chi connectivity index (χ1n) is 12.7. The fraction of sp³-hybridized carbons (Fsp3) is 0.233. The second-order valence-electron chi connectivity index (χ2n) is 9.17. The van der Waals surface area contributed by atoms with Crippen molar-refractivity contribution >= 4 is 40.2 Å². The van der Waals surface area contributed by atoms with Crippen LogP contribution in [0.2, 0.25) is 5.02 Å². The van der Waals surface area contributed by atoms with Gasteiger partial charge in [0.15, 0.2) is 5.43 Å². The Labute approximate surface area is 230 Å². The average Bonchev–Trinajstić information content (AvgIpc) is 2.94. The average molecular weight is 550 g/mol. The number of nitrogens with one attached hydrogen (secondary N) is 1. The zero-order valence-electron chi connectivity index (χ0n) is 21.5. The normalized spacial score (nSPS) is 10.8. The number of rotatable bonds is 10. The van der Waals surface area contributed by atoms with Gasteiger partial charge in [0, 0.05) is 23.8 Å². The second kappa shape index (κ2) is 13.1. The molecule has 4 aromatic rings. The zero-order chi connectivity index (χ0) is 27.8. The molecule has 0 unspecified atom stereocenters. The summed E-state index contributed by atoms with van der Waals surface area (Å²) >= 11 is 5.94.